The fourth-order valence-corrected chi connectivity index (χ4v) is 3.16. The van der Waals surface area contributed by atoms with E-state index in [1.54, 1.807) is 49.6 Å². The number of rotatable bonds is 7. The number of nitrogens with one attached hydrogen (secondary N) is 1. The van der Waals surface area contributed by atoms with Gasteiger partial charge in [-0.05, 0) is 42.5 Å². The highest BCUT2D eigenvalue weighted by Gasteiger charge is 2.19. The minimum Gasteiger partial charge on any atom is -0.493 e. The molecular formula is C23H18N4O6. The maximum Gasteiger partial charge on any atom is 0.269 e. The molecule has 4 aromatic rings. The molecule has 0 bridgehead atoms. The molecule has 1 amide bonds. The fourth-order valence-electron chi connectivity index (χ4n) is 3.16. The Morgan fingerprint density at radius 3 is 2.42 bits per heavy atom. The van der Waals surface area contributed by atoms with Crippen LogP contribution in [-0.4, -0.2) is 35.2 Å². The molecule has 0 aliphatic carbocycles. The van der Waals surface area contributed by atoms with Gasteiger partial charge in [0.25, 0.3) is 17.5 Å². The molecule has 0 spiro atoms. The average molecular weight is 446 g/mol. The van der Waals surface area contributed by atoms with Crippen molar-refractivity contribution >= 4 is 17.3 Å². The molecule has 0 saturated carbocycles. The van der Waals surface area contributed by atoms with Gasteiger partial charge in [-0.25, -0.2) is 0 Å². The third-order valence-corrected chi connectivity index (χ3v) is 4.81. The molecule has 3 aromatic carbocycles. The fraction of sp³-hybridized carbons (Fsp3) is 0.0870. The molecule has 10 heteroatoms. The van der Waals surface area contributed by atoms with Crippen LogP contribution in [0.3, 0.4) is 0 Å². The number of methoxy groups -OCH3 is 2. The van der Waals surface area contributed by atoms with Crippen molar-refractivity contribution in [2.75, 3.05) is 19.5 Å². The lowest BCUT2D eigenvalue weighted by Gasteiger charge is -2.08. The first-order valence-electron chi connectivity index (χ1n) is 9.71. The quantitative estimate of drug-likeness (QED) is 0.322. The highest BCUT2D eigenvalue weighted by Crippen LogP contribution is 2.32. The Labute approximate surface area is 187 Å². The van der Waals surface area contributed by atoms with Crippen LogP contribution in [0.15, 0.2) is 71.3 Å². The van der Waals surface area contributed by atoms with E-state index in [1.807, 2.05) is 0 Å². The minimum atomic E-state index is -0.507. The number of anilines is 1. The molecule has 1 aromatic heterocycles. The van der Waals surface area contributed by atoms with E-state index in [0.29, 0.717) is 39.7 Å². The molecule has 0 atom stereocenters. The van der Waals surface area contributed by atoms with Gasteiger partial charge < -0.3 is 19.3 Å². The van der Waals surface area contributed by atoms with Gasteiger partial charge in [-0.15, -0.1) is 0 Å². The van der Waals surface area contributed by atoms with Crippen LogP contribution in [0, 0.1) is 10.1 Å². The predicted octanol–water partition coefficient (Wildman–Crippen LogP) is 4.58. The van der Waals surface area contributed by atoms with Crippen molar-refractivity contribution in [3.05, 3.63) is 82.4 Å². The van der Waals surface area contributed by atoms with E-state index in [-0.39, 0.29) is 11.6 Å². The highest BCUT2D eigenvalue weighted by atomic mass is 16.6. The number of hydrogen-bond donors (Lipinski definition) is 1. The number of nitro benzene ring substituents is 1. The van der Waals surface area contributed by atoms with Crippen molar-refractivity contribution in [3.8, 4) is 34.3 Å². The summed E-state index contributed by atoms with van der Waals surface area (Å²) in [6.07, 6.45) is 0. The molecule has 33 heavy (non-hydrogen) atoms. The Hall–Kier alpha value is -4.73. The first-order valence-corrected chi connectivity index (χ1v) is 9.71. The van der Waals surface area contributed by atoms with Gasteiger partial charge in [-0.1, -0.05) is 17.3 Å². The van der Waals surface area contributed by atoms with E-state index in [0.717, 1.165) is 0 Å². The molecule has 0 aliphatic rings. The van der Waals surface area contributed by atoms with Gasteiger partial charge in [0.2, 0.25) is 5.82 Å². The van der Waals surface area contributed by atoms with Crippen LogP contribution in [0.4, 0.5) is 11.4 Å². The number of carbonyl (C=O) groups excluding carboxylic acids is 1. The lowest BCUT2D eigenvalue weighted by Crippen LogP contribution is -2.13. The van der Waals surface area contributed by atoms with Crippen molar-refractivity contribution in [1.82, 2.24) is 10.1 Å². The first kappa shape index (κ1) is 21.5. The Morgan fingerprint density at radius 2 is 1.73 bits per heavy atom. The number of nitrogens with zero attached hydrogens (tertiary/aromatic N) is 3. The zero-order chi connectivity index (χ0) is 23.4. The van der Waals surface area contributed by atoms with Gasteiger partial charge in [0.1, 0.15) is 0 Å². The second-order valence-corrected chi connectivity index (χ2v) is 6.80. The molecule has 0 unspecified atom stereocenters. The molecular weight excluding hydrogens is 428 g/mol. The van der Waals surface area contributed by atoms with Gasteiger partial charge in [0.15, 0.2) is 11.5 Å². The molecule has 4 rings (SSSR count). The molecule has 0 fully saturated rings. The number of nitro groups is 1. The van der Waals surface area contributed by atoms with E-state index in [4.69, 9.17) is 14.0 Å². The van der Waals surface area contributed by atoms with Crippen LogP contribution >= 0.6 is 0 Å². The number of amides is 1. The average Bonchev–Trinajstić information content (AvgIpc) is 3.34. The van der Waals surface area contributed by atoms with Gasteiger partial charge in [0.05, 0.1) is 30.3 Å². The van der Waals surface area contributed by atoms with Crippen LogP contribution in [0.2, 0.25) is 0 Å². The number of hydrogen-bond acceptors (Lipinski definition) is 8. The second kappa shape index (κ2) is 9.18. The molecule has 10 nitrogen and oxygen atoms in total. The Balaban J connectivity index is 1.61. The van der Waals surface area contributed by atoms with E-state index in [9.17, 15) is 14.9 Å². The minimum absolute atomic E-state index is 0.0676. The summed E-state index contributed by atoms with van der Waals surface area (Å²) in [6, 6.07) is 17.5. The topological polar surface area (TPSA) is 130 Å². The van der Waals surface area contributed by atoms with Crippen LogP contribution in [0.1, 0.15) is 10.4 Å². The third-order valence-electron chi connectivity index (χ3n) is 4.81. The van der Waals surface area contributed by atoms with Crippen molar-refractivity contribution < 1.29 is 23.7 Å². The lowest BCUT2D eigenvalue weighted by molar-refractivity contribution is -0.384. The summed E-state index contributed by atoms with van der Waals surface area (Å²) in [5.41, 5.74) is 1.74. The van der Waals surface area contributed by atoms with Crippen molar-refractivity contribution in [3.63, 3.8) is 0 Å². The van der Waals surface area contributed by atoms with Crippen molar-refractivity contribution in [2.24, 2.45) is 0 Å². The number of aromatic nitrogens is 2. The maximum atomic E-state index is 12.9. The van der Waals surface area contributed by atoms with E-state index in [2.05, 4.69) is 15.5 Å². The summed E-state index contributed by atoms with van der Waals surface area (Å²) >= 11 is 0. The second-order valence-electron chi connectivity index (χ2n) is 6.80. The summed E-state index contributed by atoms with van der Waals surface area (Å²) in [5, 5.41) is 17.6. The Kier molecular flexibility index (Phi) is 5.98. The van der Waals surface area contributed by atoms with Gasteiger partial charge in [0, 0.05) is 23.4 Å². The van der Waals surface area contributed by atoms with Crippen LogP contribution < -0.4 is 14.8 Å². The third kappa shape index (κ3) is 4.49. The van der Waals surface area contributed by atoms with Gasteiger partial charge in [-0.3, -0.25) is 14.9 Å². The normalized spacial score (nSPS) is 10.5. The number of carbonyl (C=O) groups is 1. The number of non-ortho nitro benzene ring substituents is 1. The summed E-state index contributed by atoms with van der Waals surface area (Å²) in [6.45, 7) is 0. The zero-order valence-electron chi connectivity index (χ0n) is 17.6. The van der Waals surface area contributed by atoms with E-state index in [1.165, 1.54) is 31.4 Å². The highest BCUT2D eigenvalue weighted by molar-refractivity contribution is 6.08. The number of ether oxygens (including phenoxy) is 2. The van der Waals surface area contributed by atoms with Crippen molar-refractivity contribution in [2.45, 2.75) is 0 Å². The van der Waals surface area contributed by atoms with Crippen LogP contribution in [0.25, 0.3) is 22.8 Å². The summed E-state index contributed by atoms with van der Waals surface area (Å²) in [5.74, 6) is 1.14. The molecule has 0 radical (unpaired) electrons. The monoisotopic (exact) mass is 446 g/mol. The first-order chi connectivity index (χ1) is 16.0. The van der Waals surface area contributed by atoms with Crippen LogP contribution in [0.5, 0.6) is 11.5 Å². The smallest absolute Gasteiger partial charge is 0.269 e. The van der Waals surface area contributed by atoms with Crippen molar-refractivity contribution in [1.29, 1.82) is 0 Å². The van der Waals surface area contributed by atoms with Gasteiger partial charge in [-0.2, -0.15) is 4.98 Å². The molecule has 1 N–H and O–H groups in total. The molecule has 0 aliphatic heterocycles. The standard InChI is InChI=1S/C23H18N4O6/c1-31-19-12-7-14(13-20(19)32-2)21-25-23(33-26-21)18-6-4-3-5-17(18)22(28)24-15-8-10-16(11-9-15)27(29)30/h3-13H,1-2H3,(H,24,28). The number of benzene rings is 3. The predicted molar refractivity (Wildman–Crippen MR) is 119 cm³/mol. The zero-order valence-corrected chi connectivity index (χ0v) is 17.6. The van der Waals surface area contributed by atoms with E-state index < -0.39 is 10.8 Å². The summed E-state index contributed by atoms with van der Waals surface area (Å²) in [4.78, 5) is 27.6. The molecule has 166 valence electrons. The molecule has 0 saturated heterocycles. The largest absolute Gasteiger partial charge is 0.493 e. The molecule has 1 heterocycles. The Bertz CT molecular complexity index is 1320. The summed E-state index contributed by atoms with van der Waals surface area (Å²) < 4.78 is 16.0. The summed E-state index contributed by atoms with van der Waals surface area (Å²) in [7, 11) is 3.08. The Morgan fingerprint density at radius 1 is 1.00 bits per heavy atom. The SMILES string of the molecule is COc1ccc(-c2noc(-c3ccccc3C(=O)Nc3ccc([N+](=O)[O-])cc3)n2)cc1OC. The van der Waals surface area contributed by atoms with E-state index >= 15 is 0 Å². The lowest BCUT2D eigenvalue weighted by atomic mass is 10.1. The van der Waals surface area contributed by atoms with Crippen LogP contribution in [-0.2, 0) is 0 Å². The maximum absolute atomic E-state index is 12.9. The van der Waals surface area contributed by atoms with Gasteiger partial charge >= 0.3 is 0 Å².